The van der Waals surface area contributed by atoms with Crippen molar-refractivity contribution < 1.29 is 32.0 Å². The van der Waals surface area contributed by atoms with E-state index in [0.29, 0.717) is 37.4 Å². The summed E-state index contributed by atoms with van der Waals surface area (Å²) in [6.07, 6.45) is 1.63. The van der Waals surface area contributed by atoms with Crippen molar-refractivity contribution in [3.8, 4) is 11.5 Å². The molecule has 1 aliphatic heterocycles. The lowest BCUT2D eigenvalue weighted by molar-refractivity contribution is -0.117. The van der Waals surface area contributed by atoms with Gasteiger partial charge in [-0.05, 0) is 55.0 Å². The molecule has 1 heterocycles. The van der Waals surface area contributed by atoms with Crippen LogP contribution in [0.15, 0.2) is 48.5 Å². The third-order valence-electron chi connectivity index (χ3n) is 4.91. The molecule has 0 saturated carbocycles. The van der Waals surface area contributed by atoms with Crippen molar-refractivity contribution >= 4 is 27.7 Å². The molecule has 1 saturated heterocycles. The van der Waals surface area contributed by atoms with Gasteiger partial charge in [0.15, 0.2) is 0 Å². The SMILES string of the molecule is CCCCS(=O)(=O)Oc1ccc(N2CC(COc3ccc(C(=O)O)cc3)CC2=O)cc1. The molecule has 1 fully saturated rings. The largest absolute Gasteiger partial charge is 0.493 e. The van der Waals surface area contributed by atoms with Crippen molar-refractivity contribution in [2.75, 3.05) is 23.8 Å². The van der Waals surface area contributed by atoms with E-state index in [0.717, 1.165) is 6.42 Å². The molecule has 0 aromatic heterocycles. The first kappa shape index (κ1) is 22.6. The molecule has 0 spiro atoms. The number of carbonyl (C=O) groups is 2. The number of unbranched alkanes of at least 4 members (excludes halogenated alkanes) is 1. The fourth-order valence-corrected chi connectivity index (χ4v) is 4.37. The Morgan fingerprint density at radius 3 is 2.35 bits per heavy atom. The summed E-state index contributed by atoms with van der Waals surface area (Å²) in [5.74, 6) is -0.330. The van der Waals surface area contributed by atoms with E-state index in [-0.39, 0.29) is 28.9 Å². The van der Waals surface area contributed by atoms with Crippen molar-refractivity contribution in [3.05, 3.63) is 54.1 Å². The number of nitrogens with zero attached hydrogens (tertiary/aromatic N) is 1. The van der Waals surface area contributed by atoms with E-state index in [4.69, 9.17) is 14.0 Å². The first-order valence-corrected chi connectivity index (χ1v) is 11.6. The number of ether oxygens (including phenoxy) is 1. The van der Waals surface area contributed by atoms with Gasteiger partial charge in [0.25, 0.3) is 0 Å². The van der Waals surface area contributed by atoms with Crippen LogP contribution in [0.25, 0.3) is 0 Å². The molecule has 0 aliphatic carbocycles. The Labute approximate surface area is 181 Å². The molecule has 3 rings (SSSR count). The molecule has 31 heavy (non-hydrogen) atoms. The number of hydrogen-bond donors (Lipinski definition) is 1. The summed E-state index contributed by atoms with van der Waals surface area (Å²) in [4.78, 5) is 25.0. The Bertz CT molecular complexity index is 1020. The highest BCUT2D eigenvalue weighted by atomic mass is 32.2. The van der Waals surface area contributed by atoms with Crippen LogP contribution in [0.4, 0.5) is 5.69 Å². The van der Waals surface area contributed by atoms with E-state index in [1.807, 2.05) is 6.92 Å². The first-order chi connectivity index (χ1) is 14.8. The van der Waals surface area contributed by atoms with Gasteiger partial charge >= 0.3 is 16.1 Å². The standard InChI is InChI=1S/C22H25NO7S/c1-2-3-12-31(27,28)30-20-10-6-18(7-11-20)23-14-16(13-21(23)24)15-29-19-8-4-17(5-9-19)22(25)26/h4-11,16H,2-3,12-15H2,1H3,(H,25,26). The second-order valence-electron chi connectivity index (χ2n) is 7.41. The number of anilines is 1. The molecule has 166 valence electrons. The molecular weight excluding hydrogens is 422 g/mol. The van der Waals surface area contributed by atoms with Crippen molar-refractivity contribution in [2.45, 2.75) is 26.2 Å². The number of rotatable bonds is 10. The zero-order valence-corrected chi connectivity index (χ0v) is 18.0. The van der Waals surface area contributed by atoms with Crippen LogP contribution in [0.5, 0.6) is 11.5 Å². The Balaban J connectivity index is 1.55. The maximum atomic E-state index is 12.4. The lowest BCUT2D eigenvalue weighted by atomic mass is 10.1. The fourth-order valence-electron chi connectivity index (χ4n) is 3.24. The van der Waals surface area contributed by atoms with E-state index in [2.05, 4.69) is 0 Å². The predicted molar refractivity (Wildman–Crippen MR) is 115 cm³/mol. The van der Waals surface area contributed by atoms with Gasteiger partial charge in [0.1, 0.15) is 11.5 Å². The highest BCUT2D eigenvalue weighted by molar-refractivity contribution is 7.87. The number of hydrogen-bond acceptors (Lipinski definition) is 6. The van der Waals surface area contributed by atoms with E-state index in [9.17, 15) is 18.0 Å². The lowest BCUT2D eigenvalue weighted by Crippen LogP contribution is -2.25. The average molecular weight is 448 g/mol. The number of carboxylic acids is 1. The van der Waals surface area contributed by atoms with Gasteiger partial charge in [-0.1, -0.05) is 13.3 Å². The summed E-state index contributed by atoms with van der Waals surface area (Å²) in [5, 5.41) is 8.93. The van der Waals surface area contributed by atoms with Crippen LogP contribution in [-0.4, -0.2) is 44.3 Å². The van der Waals surface area contributed by atoms with Crippen LogP contribution >= 0.6 is 0 Å². The lowest BCUT2D eigenvalue weighted by Gasteiger charge is -2.17. The van der Waals surface area contributed by atoms with Gasteiger partial charge in [0, 0.05) is 24.6 Å². The molecule has 1 aliphatic rings. The molecule has 2 aromatic rings. The Morgan fingerprint density at radius 2 is 1.74 bits per heavy atom. The summed E-state index contributed by atoms with van der Waals surface area (Å²) in [5.41, 5.74) is 0.844. The van der Waals surface area contributed by atoms with Crippen molar-refractivity contribution in [1.29, 1.82) is 0 Å². The molecule has 9 heteroatoms. The Hall–Kier alpha value is -3.07. The molecule has 1 N–H and O–H groups in total. The van der Waals surface area contributed by atoms with Crippen LogP contribution in [0, 0.1) is 5.92 Å². The Kier molecular flexibility index (Phi) is 7.17. The second-order valence-corrected chi connectivity index (χ2v) is 9.10. The van der Waals surface area contributed by atoms with E-state index >= 15 is 0 Å². The van der Waals surface area contributed by atoms with Gasteiger partial charge in [-0.3, -0.25) is 4.79 Å². The third kappa shape index (κ3) is 6.21. The van der Waals surface area contributed by atoms with Crippen molar-refractivity contribution in [1.82, 2.24) is 0 Å². The molecule has 2 aromatic carbocycles. The summed E-state index contributed by atoms with van der Waals surface area (Å²) < 4.78 is 34.6. The van der Waals surface area contributed by atoms with Crippen LogP contribution in [0.2, 0.25) is 0 Å². The first-order valence-electron chi connectivity index (χ1n) is 10.1. The van der Waals surface area contributed by atoms with Crippen LogP contribution in [0.3, 0.4) is 0 Å². The van der Waals surface area contributed by atoms with Crippen molar-refractivity contribution in [2.24, 2.45) is 5.92 Å². The number of amides is 1. The molecule has 0 bridgehead atoms. The Morgan fingerprint density at radius 1 is 1.10 bits per heavy atom. The minimum absolute atomic E-state index is 0.0167. The van der Waals surface area contributed by atoms with Gasteiger partial charge in [-0.2, -0.15) is 8.42 Å². The van der Waals surface area contributed by atoms with Crippen molar-refractivity contribution in [3.63, 3.8) is 0 Å². The fraction of sp³-hybridized carbons (Fsp3) is 0.364. The minimum Gasteiger partial charge on any atom is -0.493 e. The number of aromatic carboxylic acids is 1. The van der Waals surface area contributed by atoms with E-state index in [1.165, 1.54) is 12.1 Å². The highest BCUT2D eigenvalue weighted by Gasteiger charge is 2.31. The summed E-state index contributed by atoms with van der Waals surface area (Å²) in [7, 11) is -3.62. The molecule has 1 amide bonds. The number of benzene rings is 2. The maximum absolute atomic E-state index is 12.4. The summed E-state index contributed by atoms with van der Waals surface area (Å²) >= 11 is 0. The third-order valence-corrected chi connectivity index (χ3v) is 6.15. The van der Waals surface area contributed by atoms with E-state index in [1.54, 1.807) is 41.3 Å². The maximum Gasteiger partial charge on any atom is 0.335 e. The molecule has 0 radical (unpaired) electrons. The normalized spacial score (nSPS) is 16.4. The van der Waals surface area contributed by atoms with Crippen LogP contribution < -0.4 is 13.8 Å². The van der Waals surface area contributed by atoms with Gasteiger partial charge in [-0.15, -0.1) is 0 Å². The second kappa shape index (κ2) is 9.82. The van der Waals surface area contributed by atoms with Gasteiger partial charge in [0.2, 0.25) is 5.91 Å². The molecule has 1 atom stereocenters. The zero-order chi connectivity index (χ0) is 22.4. The minimum atomic E-state index is -3.62. The monoisotopic (exact) mass is 447 g/mol. The highest BCUT2D eigenvalue weighted by Crippen LogP contribution is 2.28. The summed E-state index contributed by atoms with van der Waals surface area (Å²) in [6, 6.07) is 12.5. The van der Waals surface area contributed by atoms with Gasteiger partial charge in [0.05, 0.1) is 17.9 Å². The number of carbonyl (C=O) groups excluding carboxylic acids is 1. The topological polar surface area (TPSA) is 110 Å². The average Bonchev–Trinajstić information content (AvgIpc) is 3.12. The molecular formula is C22H25NO7S. The van der Waals surface area contributed by atoms with Gasteiger partial charge in [-0.25, -0.2) is 4.79 Å². The predicted octanol–water partition coefficient (Wildman–Crippen LogP) is 3.33. The smallest absolute Gasteiger partial charge is 0.335 e. The number of carboxylic acid groups (broad SMARTS) is 1. The quantitative estimate of drug-likeness (QED) is 0.556. The molecule has 1 unspecified atom stereocenters. The van der Waals surface area contributed by atoms with Gasteiger partial charge < -0.3 is 18.9 Å². The van der Waals surface area contributed by atoms with Crippen LogP contribution in [-0.2, 0) is 14.9 Å². The zero-order valence-electron chi connectivity index (χ0n) is 17.2. The molecule has 8 nitrogen and oxygen atoms in total. The van der Waals surface area contributed by atoms with E-state index < -0.39 is 16.1 Å². The van der Waals surface area contributed by atoms with Crippen LogP contribution in [0.1, 0.15) is 36.5 Å². The summed E-state index contributed by atoms with van der Waals surface area (Å²) in [6.45, 7) is 2.71.